The molecule has 2 aromatic rings. The third kappa shape index (κ3) is 3.97. The number of hydrogen-bond donors (Lipinski definition) is 1. The number of nitrogens with zero attached hydrogens (tertiary/aromatic N) is 1. The Balaban J connectivity index is 2.30. The molecule has 21 heavy (non-hydrogen) atoms. The molecular formula is C14H12FIN2O3-2. The van der Waals surface area contributed by atoms with E-state index in [1.165, 1.54) is 24.1 Å². The van der Waals surface area contributed by atoms with E-state index in [4.69, 9.17) is 0 Å². The molecular weight excluding hydrogens is 390 g/mol. The summed E-state index contributed by atoms with van der Waals surface area (Å²) >= 11 is -1.39. The molecule has 2 rings (SSSR count). The van der Waals surface area contributed by atoms with Gasteiger partial charge in [-0.05, 0) is 0 Å². The summed E-state index contributed by atoms with van der Waals surface area (Å²) in [5.41, 5.74) is 0.488. The van der Waals surface area contributed by atoms with Crippen molar-refractivity contribution in [3.8, 4) is 0 Å². The molecule has 7 heteroatoms. The quantitative estimate of drug-likeness (QED) is 0.371. The Kier molecular flexibility index (Phi) is 5.23. The van der Waals surface area contributed by atoms with Gasteiger partial charge in [0.2, 0.25) is 0 Å². The van der Waals surface area contributed by atoms with Crippen molar-refractivity contribution in [2.45, 2.75) is 0 Å². The average molecular weight is 402 g/mol. The number of rotatable bonds is 4. The van der Waals surface area contributed by atoms with Gasteiger partial charge in [-0.25, -0.2) is 0 Å². The minimum atomic E-state index is -1.39. The first kappa shape index (κ1) is 15.8. The van der Waals surface area contributed by atoms with Crippen LogP contribution in [0.3, 0.4) is 0 Å². The Morgan fingerprint density at radius 2 is 1.86 bits per heavy atom. The summed E-state index contributed by atoms with van der Waals surface area (Å²) in [4.78, 5) is 13.7. The summed E-state index contributed by atoms with van der Waals surface area (Å²) in [6, 6.07) is 12.6. The number of benzene rings is 2. The van der Waals surface area contributed by atoms with Crippen LogP contribution in [0.5, 0.6) is 0 Å². The fraction of sp³-hybridized carbons (Fsp3) is 0.0714. The molecule has 2 aromatic carbocycles. The molecule has 0 unspecified atom stereocenters. The van der Waals surface area contributed by atoms with Crippen molar-refractivity contribution >= 4 is 11.6 Å². The predicted molar refractivity (Wildman–Crippen MR) is 72.0 cm³/mol. The van der Waals surface area contributed by atoms with Crippen LogP contribution in [0.4, 0.5) is 10.1 Å². The van der Waals surface area contributed by atoms with Crippen LogP contribution in [0.2, 0.25) is 0 Å². The normalized spacial score (nSPS) is 10.9. The molecule has 0 radical (unpaired) electrons. The third-order valence-electron chi connectivity index (χ3n) is 2.79. The van der Waals surface area contributed by atoms with Gasteiger partial charge in [-0.3, -0.25) is 0 Å². The van der Waals surface area contributed by atoms with Gasteiger partial charge >= 0.3 is 132 Å². The van der Waals surface area contributed by atoms with Crippen molar-refractivity contribution in [3.05, 3.63) is 73.9 Å². The topological polar surface area (TPSA) is 70.9 Å². The maximum atomic E-state index is 13.8. The number of hydrogen-bond acceptors (Lipinski definition) is 3. The number of nitrogens with one attached hydrogen (secondary N) is 1. The number of quaternary nitrogens is 1. The molecule has 0 saturated heterocycles. The fourth-order valence-electron chi connectivity index (χ4n) is 1.76. The van der Waals surface area contributed by atoms with Crippen molar-refractivity contribution in [2.24, 2.45) is 0 Å². The van der Waals surface area contributed by atoms with Gasteiger partial charge in [0.1, 0.15) is 0 Å². The zero-order chi connectivity index (χ0) is 15.4. The minimum absolute atomic E-state index is 0.139. The Morgan fingerprint density at radius 1 is 1.19 bits per heavy atom. The van der Waals surface area contributed by atoms with E-state index in [0.717, 1.165) is 6.07 Å². The van der Waals surface area contributed by atoms with Crippen molar-refractivity contribution in [2.75, 3.05) is 11.9 Å². The molecule has 5 nitrogen and oxygen atoms in total. The second kappa shape index (κ2) is 6.94. The van der Waals surface area contributed by atoms with E-state index in [1.807, 2.05) is 6.07 Å². The summed E-state index contributed by atoms with van der Waals surface area (Å²) in [7, 11) is 1.54. The van der Waals surface area contributed by atoms with Crippen LogP contribution >= 0.6 is 0 Å². The van der Waals surface area contributed by atoms with E-state index < -0.39 is 36.6 Å². The molecule has 0 aromatic heterocycles. The van der Waals surface area contributed by atoms with Crippen molar-refractivity contribution in [1.29, 1.82) is 0 Å². The van der Waals surface area contributed by atoms with E-state index >= 15 is 0 Å². The molecule has 0 aliphatic heterocycles. The van der Waals surface area contributed by atoms with Gasteiger partial charge in [-0.15, -0.1) is 0 Å². The Labute approximate surface area is 131 Å². The molecule has 112 valence electrons. The van der Waals surface area contributed by atoms with E-state index in [9.17, 15) is 19.6 Å². The Hall–Kier alpha value is -1.55. The van der Waals surface area contributed by atoms with Crippen molar-refractivity contribution < 1.29 is 34.1 Å². The van der Waals surface area contributed by atoms with E-state index in [0.29, 0.717) is 9.26 Å². The van der Waals surface area contributed by atoms with Gasteiger partial charge in [-0.1, -0.05) is 0 Å². The number of para-hydroxylation sites is 1. The number of carbonyl (C=O) groups excluding carboxylic acids is 1. The monoisotopic (exact) mass is 402 g/mol. The predicted octanol–water partition coefficient (Wildman–Crippen LogP) is -1.84. The molecule has 0 atom stereocenters. The zero-order valence-corrected chi connectivity index (χ0v) is 13.2. The van der Waals surface area contributed by atoms with Crippen LogP contribution < -0.4 is 29.8 Å². The summed E-state index contributed by atoms with van der Waals surface area (Å²) < 4.78 is 13.1. The van der Waals surface area contributed by atoms with Crippen LogP contribution in [0, 0.1) is 19.8 Å². The van der Waals surface area contributed by atoms with Gasteiger partial charge < -0.3 is 0 Å². The molecule has 1 amide bonds. The van der Waals surface area contributed by atoms with Crippen LogP contribution in [0.15, 0.2) is 48.5 Å². The summed E-state index contributed by atoms with van der Waals surface area (Å²) in [5, 5.41) is 21.3. The van der Waals surface area contributed by atoms with Crippen LogP contribution in [0.1, 0.15) is 10.4 Å². The first-order valence-corrected chi connectivity index (χ1v) is 8.13. The third-order valence-corrected chi connectivity index (χ3v) is 4.53. The van der Waals surface area contributed by atoms with E-state index in [2.05, 4.69) is 0 Å². The first-order valence-electron chi connectivity index (χ1n) is 5.97. The zero-order valence-electron chi connectivity index (χ0n) is 11.0. The number of carbonyl (C=O) groups is 1. The molecule has 1 N–H and O–H groups in total. The van der Waals surface area contributed by atoms with Crippen LogP contribution in [0.25, 0.3) is 0 Å². The maximum absolute atomic E-state index is 13.8. The molecule has 0 aliphatic rings. The van der Waals surface area contributed by atoms with Crippen molar-refractivity contribution in [3.63, 3.8) is 0 Å². The van der Waals surface area contributed by atoms with E-state index in [-0.39, 0.29) is 5.56 Å². The summed E-state index contributed by atoms with van der Waals surface area (Å²) in [6.07, 6.45) is 0. The van der Waals surface area contributed by atoms with Gasteiger partial charge in [0.05, 0.1) is 0 Å². The fourth-order valence-corrected chi connectivity index (χ4v) is 3.09. The molecule has 0 spiro atoms. The summed E-state index contributed by atoms with van der Waals surface area (Å²) in [5.74, 6) is -1.20. The Morgan fingerprint density at radius 3 is 2.48 bits per heavy atom. The van der Waals surface area contributed by atoms with Gasteiger partial charge in [0.25, 0.3) is 0 Å². The molecule has 0 bridgehead atoms. The van der Waals surface area contributed by atoms with E-state index in [1.54, 1.807) is 24.3 Å². The Bertz CT molecular complexity index is 637. The standard InChI is InChI=1S/C14H12FIN2O3/c1-17(11-5-3-2-4-6-11)14(19)12-9-10(16-18(20)21)7-8-13(12)15/h2-9,18H,1H3/q-2. The van der Waals surface area contributed by atoms with Gasteiger partial charge in [-0.2, -0.15) is 0 Å². The van der Waals surface area contributed by atoms with Crippen LogP contribution in [-0.2, 0) is 0 Å². The number of halogens is 2. The van der Waals surface area contributed by atoms with Gasteiger partial charge in [0.15, 0.2) is 0 Å². The van der Waals surface area contributed by atoms with Crippen molar-refractivity contribution in [1.82, 2.24) is 0 Å². The van der Waals surface area contributed by atoms with Gasteiger partial charge in [0, 0.05) is 0 Å². The number of amides is 1. The average Bonchev–Trinajstić information content (AvgIpc) is 2.48. The molecule has 0 saturated carbocycles. The molecule has 0 fully saturated rings. The molecule has 0 aliphatic carbocycles. The second-order valence-corrected chi connectivity index (χ2v) is 6.82. The SMILES string of the molecule is CN(C(=O)c1cc([I-][NH+]([O-])[O-])ccc1F)c1ccccc1. The first-order chi connectivity index (χ1) is 9.99. The molecule has 0 heterocycles. The van der Waals surface area contributed by atoms with Crippen LogP contribution in [-0.4, -0.2) is 13.0 Å². The number of anilines is 1. The second-order valence-electron chi connectivity index (χ2n) is 4.16. The summed E-state index contributed by atoms with van der Waals surface area (Å²) in [6.45, 7) is 0.